The lowest BCUT2D eigenvalue weighted by Gasteiger charge is -2.30. The van der Waals surface area contributed by atoms with Crippen LogP contribution in [0.1, 0.15) is 66.2 Å². The SMILES string of the molecule is CCCCNN(CC)C(CC)CCCC. The summed E-state index contributed by atoms with van der Waals surface area (Å²) in [6.45, 7) is 11.3. The Balaban J connectivity index is 3.85. The van der Waals surface area contributed by atoms with Gasteiger partial charge in [-0.15, -0.1) is 0 Å². The van der Waals surface area contributed by atoms with Crippen molar-refractivity contribution < 1.29 is 0 Å². The molecule has 0 amide bonds. The first kappa shape index (κ1) is 14.9. The molecule has 15 heavy (non-hydrogen) atoms. The zero-order chi connectivity index (χ0) is 11.5. The number of nitrogens with one attached hydrogen (secondary N) is 1. The van der Waals surface area contributed by atoms with E-state index in [1.54, 1.807) is 0 Å². The monoisotopic (exact) mass is 214 g/mol. The predicted octanol–water partition coefficient (Wildman–Crippen LogP) is 3.58. The number of unbranched alkanes of at least 4 members (excludes halogenated alkanes) is 2. The van der Waals surface area contributed by atoms with Gasteiger partial charge in [-0.1, -0.05) is 47.0 Å². The molecule has 0 radical (unpaired) electrons. The van der Waals surface area contributed by atoms with Crippen LogP contribution in [0.3, 0.4) is 0 Å². The van der Waals surface area contributed by atoms with E-state index in [2.05, 4.69) is 38.1 Å². The first-order valence-electron chi connectivity index (χ1n) is 6.80. The average Bonchev–Trinajstić information content (AvgIpc) is 2.27. The Morgan fingerprint density at radius 2 is 1.67 bits per heavy atom. The number of hydrazine groups is 1. The molecule has 0 saturated heterocycles. The highest BCUT2D eigenvalue weighted by Crippen LogP contribution is 2.10. The van der Waals surface area contributed by atoms with Gasteiger partial charge in [0.2, 0.25) is 0 Å². The summed E-state index contributed by atoms with van der Waals surface area (Å²) >= 11 is 0. The largest absolute Gasteiger partial charge is 0.255 e. The van der Waals surface area contributed by atoms with Gasteiger partial charge in [-0.05, 0) is 19.3 Å². The lowest BCUT2D eigenvalue weighted by atomic mass is 10.1. The molecule has 0 aromatic heterocycles. The van der Waals surface area contributed by atoms with E-state index in [4.69, 9.17) is 0 Å². The molecule has 0 aromatic carbocycles. The van der Waals surface area contributed by atoms with Crippen LogP contribution >= 0.6 is 0 Å². The predicted molar refractivity (Wildman–Crippen MR) is 68.9 cm³/mol. The highest BCUT2D eigenvalue weighted by molar-refractivity contribution is 4.66. The minimum atomic E-state index is 0.729. The first-order valence-corrected chi connectivity index (χ1v) is 6.80. The Morgan fingerprint density at radius 3 is 2.13 bits per heavy atom. The molecule has 2 nitrogen and oxygen atoms in total. The third-order valence-corrected chi connectivity index (χ3v) is 2.99. The van der Waals surface area contributed by atoms with Gasteiger partial charge in [0.15, 0.2) is 0 Å². The maximum Gasteiger partial charge on any atom is 0.0240 e. The van der Waals surface area contributed by atoms with Crippen LogP contribution in [0.25, 0.3) is 0 Å². The van der Waals surface area contributed by atoms with E-state index in [0.717, 1.165) is 19.1 Å². The summed E-state index contributed by atoms with van der Waals surface area (Å²) in [4.78, 5) is 0. The van der Waals surface area contributed by atoms with Crippen molar-refractivity contribution >= 4 is 0 Å². The summed E-state index contributed by atoms with van der Waals surface area (Å²) in [5.74, 6) is 0. The molecule has 1 N–H and O–H groups in total. The molecule has 0 bridgehead atoms. The minimum absolute atomic E-state index is 0.729. The molecule has 0 heterocycles. The standard InChI is InChI=1S/C13H30N2/c1-5-9-11-13(7-3)15(8-4)14-12-10-6-2/h13-14H,5-12H2,1-4H3. The molecule has 0 aliphatic carbocycles. The van der Waals surface area contributed by atoms with Gasteiger partial charge < -0.3 is 0 Å². The summed E-state index contributed by atoms with van der Waals surface area (Å²) in [5.41, 5.74) is 3.56. The Kier molecular flexibility index (Phi) is 10.4. The van der Waals surface area contributed by atoms with Crippen LogP contribution in [0.15, 0.2) is 0 Å². The highest BCUT2D eigenvalue weighted by Gasteiger charge is 2.13. The van der Waals surface area contributed by atoms with Crippen molar-refractivity contribution in [1.29, 1.82) is 0 Å². The summed E-state index contributed by atoms with van der Waals surface area (Å²) in [6.07, 6.45) is 7.80. The Labute approximate surface area is 96.4 Å². The molecule has 1 atom stereocenters. The number of rotatable bonds is 10. The molecule has 0 fully saturated rings. The van der Waals surface area contributed by atoms with Gasteiger partial charge in [0.25, 0.3) is 0 Å². The molecule has 0 aliphatic heterocycles. The summed E-state index contributed by atoms with van der Waals surface area (Å²) in [5, 5.41) is 2.44. The topological polar surface area (TPSA) is 15.3 Å². The maximum atomic E-state index is 3.56. The summed E-state index contributed by atoms with van der Waals surface area (Å²) in [7, 11) is 0. The van der Waals surface area contributed by atoms with Gasteiger partial charge in [-0.3, -0.25) is 5.43 Å². The van der Waals surface area contributed by atoms with Gasteiger partial charge >= 0.3 is 0 Å². The fourth-order valence-corrected chi connectivity index (χ4v) is 1.92. The van der Waals surface area contributed by atoms with Crippen molar-refractivity contribution in [1.82, 2.24) is 10.4 Å². The smallest absolute Gasteiger partial charge is 0.0240 e. The quantitative estimate of drug-likeness (QED) is 0.442. The van der Waals surface area contributed by atoms with Crippen molar-refractivity contribution in [3.05, 3.63) is 0 Å². The lowest BCUT2D eigenvalue weighted by Crippen LogP contribution is -2.45. The Bertz CT molecular complexity index is 126. The van der Waals surface area contributed by atoms with Crippen LogP contribution in [-0.4, -0.2) is 24.1 Å². The highest BCUT2D eigenvalue weighted by atomic mass is 15.5. The second kappa shape index (κ2) is 10.4. The van der Waals surface area contributed by atoms with Crippen molar-refractivity contribution in [3.63, 3.8) is 0 Å². The van der Waals surface area contributed by atoms with E-state index in [1.807, 2.05) is 0 Å². The zero-order valence-corrected chi connectivity index (χ0v) is 11.2. The van der Waals surface area contributed by atoms with Gasteiger partial charge in [-0.25, -0.2) is 5.01 Å². The molecule has 0 rings (SSSR count). The summed E-state index contributed by atoms with van der Waals surface area (Å²) in [6, 6.07) is 0.729. The van der Waals surface area contributed by atoms with E-state index in [9.17, 15) is 0 Å². The molecule has 2 heteroatoms. The van der Waals surface area contributed by atoms with Crippen LogP contribution in [0.5, 0.6) is 0 Å². The third-order valence-electron chi connectivity index (χ3n) is 2.99. The van der Waals surface area contributed by atoms with Gasteiger partial charge in [0, 0.05) is 19.1 Å². The minimum Gasteiger partial charge on any atom is -0.255 e. The molecule has 1 unspecified atom stereocenters. The van der Waals surface area contributed by atoms with Crippen LogP contribution in [0.4, 0.5) is 0 Å². The van der Waals surface area contributed by atoms with E-state index in [0.29, 0.717) is 0 Å². The summed E-state index contributed by atoms with van der Waals surface area (Å²) < 4.78 is 0. The van der Waals surface area contributed by atoms with Crippen molar-refractivity contribution in [2.24, 2.45) is 0 Å². The Morgan fingerprint density at radius 1 is 1.00 bits per heavy atom. The van der Waals surface area contributed by atoms with Crippen LogP contribution < -0.4 is 5.43 Å². The fraction of sp³-hybridized carbons (Fsp3) is 1.00. The number of hydrogen-bond acceptors (Lipinski definition) is 2. The van der Waals surface area contributed by atoms with E-state index in [-0.39, 0.29) is 0 Å². The number of nitrogens with zero attached hydrogens (tertiary/aromatic N) is 1. The molecule has 0 saturated carbocycles. The van der Waals surface area contributed by atoms with Gasteiger partial charge in [-0.2, -0.15) is 0 Å². The molecule has 0 aliphatic rings. The van der Waals surface area contributed by atoms with Crippen molar-refractivity contribution in [2.45, 2.75) is 72.3 Å². The second-order valence-electron chi connectivity index (χ2n) is 4.25. The molecular formula is C13H30N2. The normalized spacial score (nSPS) is 13.4. The van der Waals surface area contributed by atoms with Crippen LogP contribution in [0, 0.1) is 0 Å². The van der Waals surface area contributed by atoms with E-state index in [1.165, 1.54) is 38.5 Å². The van der Waals surface area contributed by atoms with Crippen LogP contribution in [0.2, 0.25) is 0 Å². The Hall–Kier alpha value is -0.0800. The molecule has 0 aromatic rings. The maximum absolute atomic E-state index is 3.56. The average molecular weight is 214 g/mol. The lowest BCUT2D eigenvalue weighted by molar-refractivity contribution is 0.118. The third kappa shape index (κ3) is 6.91. The van der Waals surface area contributed by atoms with Crippen LogP contribution in [-0.2, 0) is 0 Å². The number of hydrogen-bond donors (Lipinski definition) is 1. The van der Waals surface area contributed by atoms with E-state index < -0.39 is 0 Å². The fourth-order valence-electron chi connectivity index (χ4n) is 1.92. The second-order valence-corrected chi connectivity index (χ2v) is 4.25. The zero-order valence-electron chi connectivity index (χ0n) is 11.2. The van der Waals surface area contributed by atoms with E-state index >= 15 is 0 Å². The first-order chi connectivity index (χ1) is 7.29. The molecule has 0 spiro atoms. The molecular weight excluding hydrogens is 184 g/mol. The molecule has 92 valence electrons. The van der Waals surface area contributed by atoms with Crippen molar-refractivity contribution in [2.75, 3.05) is 13.1 Å². The van der Waals surface area contributed by atoms with Gasteiger partial charge in [0.1, 0.15) is 0 Å². The van der Waals surface area contributed by atoms with Crippen molar-refractivity contribution in [3.8, 4) is 0 Å². The van der Waals surface area contributed by atoms with Gasteiger partial charge in [0.05, 0.1) is 0 Å².